The molecule has 1 amide bonds. The molecule has 0 aliphatic heterocycles. The second kappa shape index (κ2) is 7.58. The highest BCUT2D eigenvalue weighted by atomic mass is 35.5. The Morgan fingerprint density at radius 2 is 1.92 bits per heavy atom. The van der Waals surface area contributed by atoms with Crippen LogP contribution in [-0.2, 0) is 4.79 Å². The number of carbonyl (C=O) groups is 1. The van der Waals surface area contributed by atoms with Crippen molar-refractivity contribution >= 4 is 28.4 Å². The first-order chi connectivity index (χ1) is 12.5. The fourth-order valence-corrected chi connectivity index (χ4v) is 2.67. The van der Waals surface area contributed by atoms with Crippen LogP contribution in [0.2, 0.25) is 5.02 Å². The Morgan fingerprint density at radius 3 is 2.62 bits per heavy atom. The summed E-state index contributed by atoms with van der Waals surface area (Å²) in [5, 5.41) is 0.991. The molecule has 1 N–H and O–H groups in total. The van der Waals surface area contributed by atoms with Gasteiger partial charge in [-0.1, -0.05) is 35.9 Å². The summed E-state index contributed by atoms with van der Waals surface area (Å²) >= 11 is 5.89. The smallest absolute Gasteiger partial charge is 0.319 e. The Balaban J connectivity index is 1.97. The number of para-hydroxylation sites is 1. The van der Waals surface area contributed by atoms with Crippen molar-refractivity contribution in [3.05, 3.63) is 69.5 Å². The molecule has 0 aliphatic carbocycles. The molecule has 0 saturated heterocycles. The van der Waals surface area contributed by atoms with Crippen molar-refractivity contribution < 1.29 is 9.53 Å². The van der Waals surface area contributed by atoms with Crippen LogP contribution in [0, 0.1) is 0 Å². The average Bonchev–Trinajstić information content (AvgIpc) is 2.65. The van der Waals surface area contributed by atoms with Crippen LogP contribution < -0.4 is 15.7 Å². The van der Waals surface area contributed by atoms with Gasteiger partial charge in [-0.25, -0.2) is 0 Å². The third kappa shape index (κ3) is 3.55. The van der Waals surface area contributed by atoms with E-state index < -0.39 is 11.5 Å². The summed E-state index contributed by atoms with van der Waals surface area (Å²) in [6, 6.07) is 14.0. The van der Waals surface area contributed by atoms with Gasteiger partial charge >= 0.3 is 6.01 Å². The van der Waals surface area contributed by atoms with E-state index in [-0.39, 0.29) is 11.9 Å². The number of hydrogen-bond acceptors (Lipinski definition) is 4. The summed E-state index contributed by atoms with van der Waals surface area (Å²) < 4.78 is 6.50. The molecule has 2 aromatic carbocycles. The Hall–Kier alpha value is -2.86. The maximum Gasteiger partial charge on any atom is 0.319 e. The standard InChI is InChI=1S/C19H18ClN3O3/c1-3-26-19-21-16-7-5-4-6-15(16)18(25)23(19)22-17(24)12(2)13-8-10-14(20)11-9-13/h4-12H,3H2,1-2H3,(H,22,24). The number of hydrogen-bond donors (Lipinski definition) is 1. The molecule has 0 saturated carbocycles. The van der Waals surface area contributed by atoms with Gasteiger partial charge in [-0.3, -0.25) is 15.0 Å². The molecule has 1 aromatic heterocycles. The summed E-state index contributed by atoms with van der Waals surface area (Å²) in [5.41, 5.74) is 3.52. The van der Waals surface area contributed by atoms with E-state index in [2.05, 4.69) is 10.4 Å². The van der Waals surface area contributed by atoms with E-state index in [9.17, 15) is 9.59 Å². The van der Waals surface area contributed by atoms with Gasteiger partial charge < -0.3 is 4.74 Å². The molecule has 134 valence electrons. The zero-order valence-electron chi connectivity index (χ0n) is 14.4. The van der Waals surface area contributed by atoms with Crippen LogP contribution in [0.1, 0.15) is 25.3 Å². The van der Waals surface area contributed by atoms with E-state index in [4.69, 9.17) is 16.3 Å². The van der Waals surface area contributed by atoms with Crippen molar-refractivity contribution in [2.24, 2.45) is 0 Å². The lowest BCUT2D eigenvalue weighted by Gasteiger charge is -2.17. The van der Waals surface area contributed by atoms with Crippen LogP contribution >= 0.6 is 11.6 Å². The summed E-state index contributed by atoms with van der Waals surface area (Å²) in [6.45, 7) is 3.84. The van der Waals surface area contributed by atoms with Crippen molar-refractivity contribution in [3.63, 3.8) is 0 Å². The van der Waals surface area contributed by atoms with Crippen LogP contribution in [0.15, 0.2) is 53.3 Å². The predicted octanol–water partition coefficient (Wildman–Crippen LogP) is 3.32. The molecule has 0 bridgehead atoms. The van der Waals surface area contributed by atoms with E-state index in [1.807, 2.05) is 0 Å². The van der Waals surface area contributed by atoms with Crippen LogP contribution in [0.4, 0.5) is 0 Å². The zero-order valence-corrected chi connectivity index (χ0v) is 15.2. The van der Waals surface area contributed by atoms with E-state index in [0.29, 0.717) is 22.5 Å². The normalized spacial score (nSPS) is 12.0. The van der Waals surface area contributed by atoms with E-state index >= 15 is 0 Å². The number of fused-ring (bicyclic) bond motifs is 1. The van der Waals surface area contributed by atoms with Gasteiger partial charge in [0, 0.05) is 5.02 Å². The Bertz CT molecular complexity index is 999. The first-order valence-corrected chi connectivity index (χ1v) is 8.60. The zero-order chi connectivity index (χ0) is 18.7. The van der Waals surface area contributed by atoms with Crippen molar-refractivity contribution in [2.45, 2.75) is 19.8 Å². The van der Waals surface area contributed by atoms with Gasteiger partial charge in [0.1, 0.15) is 0 Å². The lowest BCUT2D eigenvalue weighted by Crippen LogP contribution is -2.36. The Labute approximate surface area is 155 Å². The van der Waals surface area contributed by atoms with Gasteiger partial charge in [0.25, 0.3) is 5.56 Å². The number of nitrogens with one attached hydrogen (secondary N) is 1. The van der Waals surface area contributed by atoms with Gasteiger partial charge in [-0.15, -0.1) is 0 Å². The minimum Gasteiger partial charge on any atom is -0.464 e. The lowest BCUT2D eigenvalue weighted by molar-refractivity contribution is -0.118. The third-order valence-corrected chi connectivity index (χ3v) is 4.26. The molecule has 1 atom stereocenters. The first kappa shape index (κ1) is 17.9. The van der Waals surface area contributed by atoms with Gasteiger partial charge in [-0.2, -0.15) is 9.66 Å². The van der Waals surface area contributed by atoms with Gasteiger partial charge in [0.05, 0.1) is 23.4 Å². The molecule has 0 spiro atoms. The molecule has 3 rings (SSSR count). The Morgan fingerprint density at radius 1 is 1.23 bits per heavy atom. The van der Waals surface area contributed by atoms with Gasteiger partial charge in [0.15, 0.2) is 0 Å². The molecule has 3 aromatic rings. The number of rotatable bonds is 5. The van der Waals surface area contributed by atoms with Crippen molar-refractivity contribution in [1.29, 1.82) is 0 Å². The SMILES string of the molecule is CCOc1nc2ccccc2c(=O)n1NC(=O)C(C)c1ccc(Cl)cc1. The number of aromatic nitrogens is 2. The maximum absolute atomic E-state index is 12.8. The summed E-state index contributed by atoms with van der Waals surface area (Å²) in [4.78, 5) is 29.8. The monoisotopic (exact) mass is 371 g/mol. The molecule has 1 unspecified atom stereocenters. The van der Waals surface area contributed by atoms with Gasteiger partial charge in [0.2, 0.25) is 5.91 Å². The average molecular weight is 372 g/mol. The lowest BCUT2D eigenvalue weighted by atomic mass is 10.0. The van der Waals surface area contributed by atoms with E-state index in [1.54, 1.807) is 62.4 Å². The van der Waals surface area contributed by atoms with Crippen molar-refractivity contribution in [3.8, 4) is 6.01 Å². The number of amides is 1. The fourth-order valence-electron chi connectivity index (χ4n) is 2.55. The largest absolute Gasteiger partial charge is 0.464 e. The number of halogens is 1. The van der Waals surface area contributed by atoms with E-state index in [0.717, 1.165) is 10.2 Å². The second-order valence-electron chi connectivity index (χ2n) is 5.73. The maximum atomic E-state index is 12.8. The predicted molar refractivity (Wildman–Crippen MR) is 101 cm³/mol. The molecule has 0 radical (unpaired) electrons. The van der Waals surface area contributed by atoms with Crippen LogP contribution in [0.25, 0.3) is 10.9 Å². The highest BCUT2D eigenvalue weighted by Gasteiger charge is 2.19. The van der Waals surface area contributed by atoms with Crippen LogP contribution in [0.5, 0.6) is 6.01 Å². The highest BCUT2D eigenvalue weighted by Crippen LogP contribution is 2.19. The third-order valence-electron chi connectivity index (χ3n) is 4.00. The molecular weight excluding hydrogens is 354 g/mol. The molecule has 7 heteroatoms. The number of carbonyl (C=O) groups excluding carboxylic acids is 1. The highest BCUT2D eigenvalue weighted by molar-refractivity contribution is 6.30. The molecule has 6 nitrogen and oxygen atoms in total. The van der Waals surface area contributed by atoms with E-state index in [1.165, 1.54) is 0 Å². The van der Waals surface area contributed by atoms with Crippen LogP contribution in [0.3, 0.4) is 0 Å². The number of ether oxygens (including phenoxy) is 1. The Kier molecular flexibility index (Phi) is 5.23. The van der Waals surface area contributed by atoms with Crippen LogP contribution in [-0.4, -0.2) is 22.2 Å². The molecule has 1 heterocycles. The minimum absolute atomic E-state index is 0.0489. The minimum atomic E-state index is -0.486. The van der Waals surface area contributed by atoms with Gasteiger partial charge in [-0.05, 0) is 43.7 Å². The molecule has 26 heavy (non-hydrogen) atoms. The molecular formula is C19H18ClN3O3. The molecule has 0 aliphatic rings. The number of benzene rings is 2. The van der Waals surface area contributed by atoms with Crippen molar-refractivity contribution in [2.75, 3.05) is 12.0 Å². The molecule has 0 fully saturated rings. The summed E-state index contributed by atoms with van der Waals surface area (Å²) in [6.07, 6.45) is 0. The number of nitrogens with zero attached hydrogens (tertiary/aromatic N) is 2. The second-order valence-corrected chi connectivity index (χ2v) is 6.17. The van der Waals surface area contributed by atoms with Crippen molar-refractivity contribution in [1.82, 2.24) is 9.66 Å². The quantitative estimate of drug-likeness (QED) is 0.746. The fraction of sp³-hybridized carbons (Fsp3) is 0.211. The summed E-state index contributed by atoms with van der Waals surface area (Å²) in [7, 11) is 0. The summed E-state index contributed by atoms with van der Waals surface area (Å²) in [5.74, 6) is -0.840. The topological polar surface area (TPSA) is 73.2 Å². The first-order valence-electron chi connectivity index (χ1n) is 8.22.